The molecule has 2 N–H and O–H groups in total. The third kappa shape index (κ3) is 4.57. The summed E-state index contributed by atoms with van der Waals surface area (Å²) in [5.74, 6) is 1.22. The Morgan fingerprint density at radius 3 is 2.58 bits per heavy atom. The Kier molecular flexibility index (Phi) is 6.39. The quantitative estimate of drug-likeness (QED) is 0.556. The van der Waals surface area contributed by atoms with E-state index in [1.807, 2.05) is 6.92 Å². The summed E-state index contributed by atoms with van der Waals surface area (Å²) in [7, 11) is 3.07. The molecule has 1 aromatic carbocycles. The zero-order valence-corrected chi connectivity index (χ0v) is 18.6. The van der Waals surface area contributed by atoms with Gasteiger partial charge in [-0.1, -0.05) is 0 Å². The van der Waals surface area contributed by atoms with E-state index in [1.165, 1.54) is 7.11 Å². The zero-order valence-electron chi connectivity index (χ0n) is 18.6. The van der Waals surface area contributed by atoms with Crippen LogP contribution in [0.15, 0.2) is 52.2 Å². The number of rotatable bonds is 6. The van der Waals surface area contributed by atoms with Crippen LogP contribution < -0.4 is 20.2 Å². The van der Waals surface area contributed by atoms with Crippen molar-refractivity contribution in [2.24, 2.45) is 5.10 Å². The maximum atomic E-state index is 13.1. The summed E-state index contributed by atoms with van der Waals surface area (Å²) >= 11 is 0. The van der Waals surface area contributed by atoms with Crippen molar-refractivity contribution >= 4 is 23.2 Å². The number of pyridine rings is 1. The van der Waals surface area contributed by atoms with Gasteiger partial charge in [0.05, 0.1) is 25.6 Å². The topological polar surface area (TPSA) is 115 Å². The molecule has 1 aliphatic rings. The maximum Gasteiger partial charge on any atom is 0.291 e. The SMILES string of the molecule is COc1ccc(OC)c(NC(=O)c2oc3c(c2C)/C(=N/NC(=O)c2ccncc2)CCC3)c1. The van der Waals surface area contributed by atoms with Gasteiger partial charge in [-0.25, -0.2) is 5.43 Å². The van der Waals surface area contributed by atoms with Gasteiger partial charge >= 0.3 is 0 Å². The van der Waals surface area contributed by atoms with E-state index in [1.54, 1.807) is 49.8 Å². The minimum absolute atomic E-state index is 0.194. The number of aromatic nitrogens is 1. The predicted octanol–water partition coefficient (Wildman–Crippen LogP) is 3.72. The van der Waals surface area contributed by atoms with Gasteiger partial charge in [0.1, 0.15) is 17.3 Å². The van der Waals surface area contributed by atoms with Crippen LogP contribution in [0.3, 0.4) is 0 Å². The van der Waals surface area contributed by atoms with Crippen LogP contribution >= 0.6 is 0 Å². The highest BCUT2D eigenvalue weighted by Crippen LogP contribution is 2.32. The lowest BCUT2D eigenvalue weighted by atomic mass is 9.93. The highest BCUT2D eigenvalue weighted by Gasteiger charge is 2.28. The lowest BCUT2D eigenvalue weighted by molar-refractivity contribution is 0.0953. The van der Waals surface area contributed by atoms with E-state index < -0.39 is 5.91 Å². The second-order valence-electron chi connectivity index (χ2n) is 7.46. The summed E-state index contributed by atoms with van der Waals surface area (Å²) in [5.41, 5.74) is 5.63. The average Bonchev–Trinajstić information content (AvgIpc) is 3.20. The van der Waals surface area contributed by atoms with Crippen molar-refractivity contribution in [2.45, 2.75) is 26.2 Å². The van der Waals surface area contributed by atoms with Gasteiger partial charge in [-0.15, -0.1) is 0 Å². The summed E-state index contributed by atoms with van der Waals surface area (Å²) in [4.78, 5) is 29.3. The number of hydrazone groups is 1. The number of carbonyl (C=O) groups is 2. The largest absolute Gasteiger partial charge is 0.497 e. The van der Waals surface area contributed by atoms with E-state index in [0.717, 1.165) is 12.0 Å². The lowest BCUT2D eigenvalue weighted by Crippen LogP contribution is -2.22. The van der Waals surface area contributed by atoms with E-state index in [4.69, 9.17) is 13.9 Å². The fourth-order valence-electron chi connectivity index (χ4n) is 3.77. The van der Waals surface area contributed by atoms with Gasteiger partial charge < -0.3 is 19.2 Å². The molecular weight excluding hydrogens is 424 g/mol. The monoisotopic (exact) mass is 448 g/mol. The molecular formula is C24H24N4O5. The number of anilines is 1. The van der Waals surface area contributed by atoms with Crippen LogP contribution in [0.4, 0.5) is 5.69 Å². The maximum absolute atomic E-state index is 13.1. The molecule has 33 heavy (non-hydrogen) atoms. The number of hydrogen-bond acceptors (Lipinski definition) is 7. The molecule has 0 aliphatic heterocycles. The van der Waals surface area contributed by atoms with Crippen LogP contribution in [-0.4, -0.2) is 36.7 Å². The first-order chi connectivity index (χ1) is 16.0. The second-order valence-corrected chi connectivity index (χ2v) is 7.46. The molecule has 0 fully saturated rings. The normalized spacial score (nSPS) is 13.8. The number of benzene rings is 1. The highest BCUT2D eigenvalue weighted by atomic mass is 16.5. The summed E-state index contributed by atoms with van der Waals surface area (Å²) in [6, 6.07) is 8.36. The Hall–Kier alpha value is -4.14. The predicted molar refractivity (Wildman–Crippen MR) is 122 cm³/mol. The van der Waals surface area contributed by atoms with Crippen LogP contribution in [-0.2, 0) is 6.42 Å². The van der Waals surface area contributed by atoms with Gasteiger partial charge in [0, 0.05) is 41.6 Å². The number of ether oxygens (including phenoxy) is 2. The van der Waals surface area contributed by atoms with Crippen molar-refractivity contribution in [3.63, 3.8) is 0 Å². The first-order valence-electron chi connectivity index (χ1n) is 10.4. The van der Waals surface area contributed by atoms with Crippen molar-refractivity contribution in [3.05, 3.63) is 70.9 Å². The molecule has 0 radical (unpaired) electrons. The fraction of sp³-hybridized carbons (Fsp3) is 0.250. The standard InChI is InChI=1S/C24H24N4O5/c1-14-21-17(27-28-23(29)15-9-11-25-12-10-15)5-4-6-20(21)33-22(14)24(30)26-18-13-16(31-2)7-8-19(18)32-3/h7-13H,4-6H2,1-3H3,(H,26,30)(H,28,29)/b27-17+. The number of fused-ring (bicyclic) bond motifs is 1. The number of hydrogen-bond donors (Lipinski definition) is 2. The van der Waals surface area contributed by atoms with E-state index in [0.29, 0.717) is 52.6 Å². The van der Waals surface area contributed by atoms with Crippen LogP contribution in [0.5, 0.6) is 11.5 Å². The number of nitrogens with zero attached hydrogens (tertiary/aromatic N) is 2. The molecule has 4 rings (SSSR count). The van der Waals surface area contributed by atoms with Crippen molar-refractivity contribution < 1.29 is 23.5 Å². The molecule has 0 unspecified atom stereocenters. The third-order valence-corrected chi connectivity index (χ3v) is 5.42. The Balaban J connectivity index is 1.59. The average molecular weight is 448 g/mol. The van der Waals surface area contributed by atoms with E-state index in [2.05, 4.69) is 20.8 Å². The summed E-state index contributed by atoms with van der Waals surface area (Å²) in [6.45, 7) is 1.81. The molecule has 9 nitrogen and oxygen atoms in total. The molecule has 2 amide bonds. The van der Waals surface area contributed by atoms with Crippen molar-refractivity contribution in [3.8, 4) is 11.5 Å². The molecule has 170 valence electrons. The number of amides is 2. The molecule has 2 heterocycles. The molecule has 1 aliphatic carbocycles. The number of aryl methyl sites for hydroxylation is 1. The Bertz CT molecular complexity index is 1220. The third-order valence-electron chi connectivity index (χ3n) is 5.42. The Morgan fingerprint density at radius 2 is 1.85 bits per heavy atom. The van der Waals surface area contributed by atoms with Gasteiger partial charge in [0.15, 0.2) is 5.76 Å². The summed E-state index contributed by atoms with van der Waals surface area (Å²) < 4.78 is 16.5. The van der Waals surface area contributed by atoms with E-state index in [-0.39, 0.29) is 11.7 Å². The van der Waals surface area contributed by atoms with Crippen LogP contribution in [0, 0.1) is 6.92 Å². The van der Waals surface area contributed by atoms with Crippen LogP contribution in [0.2, 0.25) is 0 Å². The summed E-state index contributed by atoms with van der Waals surface area (Å²) in [5, 5.41) is 7.17. The number of methoxy groups -OCH3 is 2. The Labute approximate surface area is 190 Å². The minimum Gasteiger partial charge on any atom is -0.497 e. The molecule has 0 saturated heterocycles. The highest BCUT2D eigenvalue weighted by molar-refractivity contribution is 6.10. The fourth-order valence-corrected chi connectivity index (χ4v) is 3.77. The van der Waals surface area contributed by atoms with E-state index in [9.17, 15) is 9.59 Å². The lowest BCUT2D eigenvalue weighted by Gasteiger charge is -2.13. The van der Waals surface area contributed by atoms with E-state index >= 15 is 0 Å². The van der Waals surface area contributed by atoms with Crippen molar-refractivity contribution in [1.29, 1.82) is 0 Å². The Morgan fingerprint density at radius 1 is 1.06 bits per heavy atom. The molecule has 2 aromatic heterocycles. The zero-order chi connectivity index (χ0) is 23.4. The van der Waals surface area contributed by atoms with Crippen molar-refractivity contribution in [2.75, 3.05) is 19.5 Å². The van der Waals surface area contributed by atoms with Gasteiger partial charge in [0.25, 0.3) is 11.8 Å². The first kappa shape index (κ1) is 22.1. The van der Waals surface area contributed by atoms with Gasteiger partial charge in [-0.3, -0.25) is 14.6 Å². The first-order valence-corrected chi connectivity index (χ1v) is 10.4. The van der Waals surface area contributed by atoms with Gasteiger partial charge in [0.2, 0.25) is 0 Å². The molecule has 0 spiro atoms. The van der Waals surface area contributed by atoms with Crippen LogP contribution in [0.1, 0.15) is 50.6 Å². The molecule has 0 bridgehead atoms. The molecule has 3 aromatic rings. The summed E-state index contributed by atoms with van der Waals surface area (Å²) in [6.07, 6.45) is 5.24. The minimum atomic E-state index is -0.409. The van der Waals surface area contributed by atoms with Crippen molar-refractivity contribution in [1.82, 2.24) is 10.4 Å². The van der Waals surface area contributed by atoms with Gasteiger partial charge in [-0.2, -0.15) is 5.10 Å². The number of furan rings is 1. The second kappa shape index (κ2) is 9.56. The molecule has 9 heteroatoms. The smallest absolute Gasteiger partial charge is 0.291 e. The van der Waals surface area contributed by atoms with Gasteiger partial charge in [-0.05, 0) is 44.0 Å². The van der Waals surface area contributed by atoms with Crippen LogP contribution in [0.25, 0.3) is 0 Å². The molecule has 0 saturated carbocycles. The number of nitrogens with one attached hydrogen (secondary N) is 2. The molecule has 0 atom stereocenters. The number of carbonyl (C=O) groups excluding carboxylic acids is 2.